The topological polar surface area (TPSA) is 60.4 Å². The molecule has 0 amide bonds. The monoisotopic (exact) mass is 208 g/mol. The van der Waals surface area contributed by atoms with E-state index in [1.807, 2.05) is 24.9 Å². The molecule has 4 heteroatoms. The fourth-order valence-corrected chi connectivity index (χ4v) is 1.28. The lowest BCUT2D eigenvalue weighted by Gasteiger charge is -2.20. The second-order valence-electron chi connectivity index (χ2n) is 3.65. The van der Waals surface area contributed by atoms with Gasteiger partial charge in [0.2, 0.25) is 0 Å². The maximum atomic E-state index is 8.83. The van der Waals surface area contributed by atoms with Crippen molar-refractivity contribution in [3.05, 3.63) is 23.7 Å². The zero-order chi connectivity index (χ0) is 11.3. The van der Waals surface area contributed by atoms with Crippen LogP contribution < -0.4 is 0 Å². The Morgan fingerprint density at radius 1 is 1.53 bits per heavy atom. The molecule has 0 bridgehead atoms. The van der Waals surface area contributed by atoms with Crippen LogP contribution in [0.4, 0.5) is 0 Å². The van der Waals surface area contributed by atoms with Crippen molar-refractivity contribution in [2.24, 2.45) is 0 Å². The number of aliphatic hydroxyl groups is 1. The van der Waals surface area contributed by atoms with E-state index in [0.29, 0.717) is 18.7 Å². The van der Waals surface area contributed by atoms with Gasteiger partial charge >= 0.3 is 0 Å². The van der Waals surface area contributed by atoms with Gasteiger partial charge in [0, 0.05) is 6.04 Å². The molecule has 1 N–H and O–H groups in total. The van der Waals surface area contributed by atoms with E-state index in [2.05, 4.69) is 6.07 Å². The first-order chi connectivity index (χ1) is 7.17. The predicted octanol–water partition coefficient (Wildman–Crippen LogP) is 1.51. The third-order valence-electron chi connectivity index (χ3n) is 2.42. The Morgan fingerprint density at radius 3 is 2.73 bits per heavy atom. The molecule has 0 saturated carbocycles. The van der Waals surface area contributed by atoms with Crippen LogP contribution in [0, 0.1) is 11.3 Å². The maximum Gasteiger partial charge on any atom is 0.129 e. The third-order valence-corrected chi connectivity index (χ3v) is 2.42. The van der Waals surface area contributed by atoms with Gasteiger partial charge in [-0.1, -0.05) is 0 Å². The second-order valence-corrected chi connectivity index (χ2v) is 3.65. The third kappa shape index (κ3) is 3.39. The minimum Gasteiger partial charge on any atom is -0.462 e. The number of nitriles is 1. The molecule has 15 heavy (non-hydrogen) atoms. The fourth-order valence-electron chi connectivity index (χ4n) is 1.28. The molecule has 1 atom stereocenters. The van der Waals surface area contributed by atoms with Gasteiger partial charge in [0.15, 0.2) is 0 Å². The van der Waals surface area contributed by atoms with Crippen molar-refractivity contribution in [1.82, 2.24) is 4.90 Å². The number of hydrogen-bond acceptors (Lipinski definition) is 4. The van der Waals surface area contributed by atoms with E-state index < -0.39 is 0 Å². The molecule has 4 nitrogen and oxygen atoms in total. The van der Waals surface area contributed by atoms with Gasteiger partial charge in [-0.2, -0.15) is 5.26 Å². The molecular formula is C11H16N2O2. The van der Waals surface area contributed by atoms with Crippen molar-refractivity contribution in [3.63, 3.8) is 0 Å². The predicted molar refractivity (Wildman–Crippen MR) is 55.8 cm³/mol. The van der Waals surface area contributed by atoms with Gasteiger partial charge < -0.3 is 9.52 Å². The van der Waals surface area contributed by atoms with E-state index in [4.69, 9.17) is 14.8 Å². The van der Waals surface area contributed by atoms with Crippen LogP contribution >= 0.6 is 0 Å². The normalized spacial score (nSPS) is 12.7. The molecule has 0 saturated heterocycles. The van der Waals surface area contributed by atoms with Crippen LogP contribution in [0.1, 0.15) is 24.9 Å². The van der Waals surface area contributed by atoms with Gasteiger partial charge in [0.1, 0.15) is 18.1 Å². The summed E-state index contributed by atoms with van der Waals surface area (Å²) >= 11 is 0. The summed E-state index contributed by atoms with van der Waals surface area (Å²) in [6.07, 6.45) is 0.504. The molecule has 0 fully saturated rings. The van der Waals surface area contributed by atoms with Gasteiger partial charge in [0.25, 0.3) is 0 Å². The van der Waals surface area contributed by atoms with Crippen LogP contribution in [0.2, 0.25) is 0 Å². The van der Waals surface area contributed by atoms with Crippen molar-refractivity contribution >= 4 is 0 Å². The van der Waals surface area contributed by atoms with Crippen LogP contribution in [0.25, 0.3) is 0 Å². The van der Waals surface area contributed by atoms with Crippen LogP contribution in [0.5, 0.6) is 0 Å². The number of rotatable bonds is 5. The quantitative estimate of drug-likeness (QED) is 0.796. The van der Waals surface area contributed by atoms with Crippen molar-refractivity contribution in [2.75, 3.05) is 7.05 Å². The van der Waals surface area contributed by atoms with Crippen molar-refractivity contribution in [2.45, 2.75) is 32.5 Å². The smallest absolute Gasteiger partial charge is 0.129 e. The number of nitrogens with zero attached hydrogens (tertiary/aromatic N) is 2. The Morgan fingerprint density at radius 2 is 2.20 bits per heavy atom. The molecule has 1 aromatic rings. The van der Waals surface area contributed by atoms with Crippen LogP contribution in [0.3, 0.4) is 0 Å². The summed E-state index contributed by atoms with van der Waals surface area (Å²) in [5.41, 5.74) is 0. The van der Waals surface area contributed by atoms with Gasteiger partial charge in [-0.15, -0.1) is 0 Å². The van der Waals surface area contributed by atoms with Gasteiger partial charge in [-0.25, -0.2) is 0 Å². The first-order valence-corrected chi connectivity index (χ1v) is 4.93. The number of furan rings is 1. The van der Waals surface area contributed by atoms with Crippen molar-refractivity contribution in [3.8, 4) is 6.07 Å². The summed E-state index contributed by atoms with van der Waals surface area (Å²) < 4.78 is 5.36. The summed E-state index contributed by atoms with van der Waals surface area (Å²) in [7, 11) is 1.95. The molecule has 1 rings (SSSR count). The average Bonchev–Trinajstić information content (AvgIpc) is 2.66. The molecule has 1 unspecified atom stereocenters. The molecule has 1 aromatic heterocycles. The van der Waals surface area contributed by atoms with Gasteiger partial charge in [-0.3, -0.25) is 4.90 Å². The summed E-state index contributed by atoms with van der Waals surface area (Å²) in [5, 5.41) is 17.4. The van der Waals surface area contributed by atoms with Crippen molar-refractivity contribution < 1.29 is 9.52 Å². The number of aliphatic hydroxyl groups excluding tert-OH is 1. The molecule has 0 spiro atoms. The van der Waals surface area contributed by atoms with E-state index in [-0.39, 0.29) is 12.6 Å². The Bertz CT molecular complexity index is 341. The zero-order valence-electron chi connectivity index (χ0n) is 9.10. The minimum absolute atomic E-state index is 0.0720. The van der Waals surface area contributed by atoms with E-state index in [1.54, 1.807) is 6.07 Å². The molecular weight excluding hydrogens is 192 g/mol. The SMILES string of the molecule is CC(CC#N)N(C)Cc1ccc(CO)o1. The van der Waals surface area contributed by atoms with E-state index in [9.17, 15) is 0 Å². The highest BCUT2D eigenvalue weighted by Gasteiger charge is 2.11. The molecule has 82 valence electrons. The zero-order valence-corrected chi connectivity index (χ0v) is 9.10. The average molecular weight is 208 g/mol. The lowest BCUT2D eigenvalue weighted by atomic mass is 10.2. The fraction of sp³-hybridized carbons (Fsp3) is 0.545. The summed E-state index contributed by atoms with van der Waals surface area (Å²) in [6.45, 7) is 2.58. The first kappa shape index (κ1) is 11.8. The Balaban J connectivity index is 2.50. The molecule has 0 aliphatic carbocycles. The van der Waals surface area contributed by atoms with Crippen LogP contribution in [-0.2, 0) is 13.2 Å². The van der Waals surface area contributed by atoms with Gasteiger partial charge in [0.05, 0.1) is 19.0 Å². The molecule has 0 aliphatic rings. The summed E-state index contributed by atoms with van der Waals surface area (Å²) in [5.74, 6) is 1.39. The number of hydrogen-bond donors (Lipinski definition) is 1. The highest BCUT2D eigenvalue weighted by atomic mass is 16.4. The van der Waals surface area contributed by atoms with E-state index in [0.717, 1.165) is 5.76 Å². The first-order valence-electron chi connectivity index (χ1n) is 4.93. The highest BCUT2D eigenvalue weighted by molar-refractivity contribution is 5.06. The van der Waals surface area contributed by atoms with Gasteiger partial charge in [-0.05, 0) is 26.1 Å². The Kier molecular flexibility index (Phi) is 4.35. The highest BCUT2D eigenvalue weighted by Crippen LogP contribution is 2.12. The largest absolute Gasteiger partial charge is 0.462 e. The Labute approximate surface area is 89.7 Å². The minimum atomic E-state index is -0.0720. The maximum absolute atomic E-state index is 8.83. The standard InChI is InChI=1S/C11H16N2O2/c1-9(5-6-12)13(2)7-10-3-4-11(8-14)15-10/h3-4,9,14H,5,7-8H2,1-2H3. The second kappa shape index (κ2) is 5.54. The lowest BCUT2D eigenvalue weighted by molar-refractivity contribution is 0.213. The summed E-state index contributed by atoms with van der Waals surface area (Å²) in [4.78, 5) is 2.04. The lowest BCUT2D eigenvalue weighted by Crippen LogP contribution is -2.27. The van der Waals surface area contributed by atoms with E-state index in [1.165, 1.54) is 0 Å². The molecule has 0 aliphatic heterocycles. The van der Waals surface area contributed by atoms with Crippen molar-refractivity contribution in [1.29, 1.82) is 5.26 Å². The molecule has 0 aromatic carbocycles. The van der Waals surface area contributed by atoms with E-state index >= 15 is 0 Å². The van der Waals surface area contributed by atoms with Crippen LogP contribution in [0.15, 0.2) is 16.5 Å². The molecule has 0 radical (unpaired) electrons. The molecule has 1 heterocycles. The summed E-state index contributed by atoms with van der Waals surface area (Å²) in [6, 6.07) is 5.95. The van der Waals surface area contributed by atoms with Crippen LogP contribution in [-0.4, -0.2) is 23.1 Å². The Hall–Kier alpha value is -1.31.